The lowest BCUT2D eigenvalue weighted by Crippen LogP contribution is -2.41. The number of thiazole rings is 1. The van der Waals surface area contributed by atoms with Gasteiger partial charge in [-0.3, -0.25) is 4.79 Å². The van der Waals surface area contributed by atoms with Crippen molar-refractivity contribution in [2.45, 2.75) is 22.6 Å². The van der Waals surface area contributed by atoms with Crippen molar-refractivity contribution in [1.29, 1.82) is 0 Å². The Kier molecular flexibility index (Phi) is 5.78. The summed E-state index contributed by atoms with van der Waals surface area (Å²) in [5, 5.41) is 5.16. The molecule has 9 heteroatoms. The van der Waals surface area contributed by atoms with Gasteiger partial charge in [-0.25, -0.2) is 13.4 Å². The number of piperidine rings is 1. The van der Waals surface area contributed by atoms with Crippen molar-refractivity contribution < 1.29 is 13.2 Å². The highest BCUT2D eigenvalue weighted by atomic mass is 32.2. The minimum atomic E-state index is -3.50. The van der Waals surface area contributed by atoms with E-state index in [0.29, 0.717) is 36.0 Å². The summed E-state index contributed by atoms with van der Waals surface area (Å²) in [6, 6.07) is 6.91. The molecule has 1 fully saturated rings. The maximum absolute atomic E-state index is 12.7. The number of nitrogens with one attached hydrogen (secondary N) is 1. The summed E-state index contributed by atoms with van der Waals surface area (Å²) in [6.45, 7) is 0.700. The van der Waals surface area contributed by atoms with Crippen molar-refractivity contribution in [2.75, 3.05) is 24.7 Å². The Morgan fingerprint density at radius 1 is 1.28 bits per heavy atom. The first-order valence-electron chi connectivity index (χ1n) is 7.85. The highest BCUT2D eigenvalue weighted by Crippen LogP contribution is 2.26. The van der Waals surface area contributed by atoms with Gasteiger partial charge < -0.3 is 5.32 Å². The molecule has 1 aliphatic heterocycles. The third-order valence-corrected chi connectivity index (χ3v) is 7.53. The smallest absolute Gasteiger partial charge is 0.243 e. The second-order valence-corrected chi connectivity index (χ2v) is 9.39. The molecule has 2 heterocycles. The molecule has 3 rings (SSSR count). The summed E-state index contributed by atoms with van der Waals surface area (Å²) < 4.78 is 26.9. The maximum Gasteiger partial charge on any atom is 0.243 e. The minimum Gasteiger partial charge on any atom is -0.302 e. The Bertz CT molecular complexity index is 812. The molecule has 0 atom stereocenters. The summed E-state index contributed by atoms with van der Waals surface area (Å²) in [7, 11) is -3.50. The van der Waals surface area contributed by atoms with Crippen LogP contribution in [0, 0.1) is 5.92 Å². The maximum atomic E-state index is 12.7. The molecule has 0 radical (unpaired) electrons. The van der Waals surface area contributed by atoms with E-state index in [1.54, 1.807) is 35.5 Å². The molecule has 1 N–H and O–H groups in total. The molecule has 1 amide bonds. The van der Waals surface area contributed by atoms with E-state index in [-0.39, 0.29) is 11.8 Å². The third-order valence-electron chi connectivity index (χ3n) is 4.18. The number of rotatable bonds is 5. The van der Waals surface area contributed by atoms with Crippen LogP contribution in [0.3, 0.4) is 0 Å². The number of thioether (sulfide) groups is 1. The zero-order valence-corrected chi connectivity index (χ0v) is 16.2. The van der Waals surface area contributed by atoms with Gasteiger partial charge >= 0.3 is 0 Å². The quantitative estimate of drug-likeness (QED) is 0.785. The Labute approximate surface area is 155 Å². The first-order valence-corrected chi connectivity index (χ1v) is 11.4. The monoisotopic (exact) mass is 397 g/mol. The number of aromatic nitrogens is 1. The lowest BCUT2D eigenvalue weighted by molar-refractivity contribution is -0.120. The van der Waals surface area contributed by atoms with E-state index in [4.69, 9.17) is 0 Å². The average molecular weight is 398 g/mol. The Morgan fingerprint density at radius 3 is 2.52 bits per heavy atom. The number of sulfonamides is 1. The van der Waals surface area contributed by atoms with Crippen molar-refractivity contribution in [3.63, 3.8) is 0 Å². The number of nitrogens with zero attached hydrogens (tertiary/aromatic N) is 2. The number of carbonyl (C=O) groups is 1. The summed E-state index contributed by atoms with van der Waals surface area (Å²) in [4.78, 5) is 17.6. The van der Waals surface area contributed by atoms with Crippen LogP contribution in [0.5, 0.6) is 0 Å². The topological polar surface area (TPSA) is 79.4 Å². The number of benzene rings is 1. The number of hydrogen-bond donors (Lipinski definition) is 1. The Hall–Kier alpha value is -1.42. The normalized spacial score (nSPS) is 16.7. The van der Waals surface area contributed by atoms with Gasteiger partial charge in [0.2, 0.25) is 15.9 Å². The van der Waals surface area contributed by atoms with Crippen LogP contribution in [-0.4, -0.2) is 43.0 Å². The van der Waals surface area contributed by atoms with Crippen molar-refractivity contribution >= 4 is 44.2 Å². The molecule has 134 valence electrons. The van der Waals surface area contributed by atoms with Gasteiger partial charge in [-0.1, -0.05) is 0 Å². The fraction of sp³-hybridized carbons (Fsp3) is 0.375. The molecule has 0 aliphatic carbocycles. The molecular formula is C16H19N3O3S3. The van der Waals surface area contributed by atoms with Crippen LogP contribution < -0.4 is 5.32 Å². The fourth-order valence-corrected chi connectivity index (χ4v) is 5.16. The van der Waals surface area contributed by atoms with Crippen molar-refractivity contribution in [3.05, 3.63) is 35.8 Å². The highest BCUT2D eigenvalue weighted by Gasteiger charge is 2.32. The first-order chi connectivity index (χ1) is 12.0. The predicted molar refractivity (Wildman–Crippen MR) is 100 cm³/mol. The molecular weight excluding hydrogens is 378 g/mol. The number of amides is 1. The van der Waals surface area contributed by atoms with Gasteiger partial charge in [0.1, 0.15) is 0 Å². The predicted octanol–water partition coefficient (Wildman–Crippen LogP) is 2.90. The van der Waals surface area contributed by atoms with Crippen molar-refractivity contribution in [1.82, 2.24) is 9.29 Å². The second-order valence-electron chi connectivity index (χ2n) is 5.68. The summed E-state index contributed by atoms with van der Waals surface area (Å²) in [5.74, 6) is -0.273. The number of carbonyl (C=O) groups excluding carboxylic acids is 1. The van der Waals surface area contributed by atoms with Crippen LogP contribution in [0.15, 0.2) is 45.6 Å². The van der Waals surface area contributed by atoms with Gasteiger partial charge in [-0.2, -0.15) is 4.31 Å². The molecule has 6 nitrogen and oxygen atoms in total. The first kappa shape index (κ1) is 18.4. The van der Waals surface area contributed by atoms with Crippen molar-refractivity contribution in [2.24, 2.45) is 5.92 Å². The summed E-state index contributed by atoms with van der Waals surface area (Å²) >= 11 is 2.94. The second kappa shape index (κ2) is 7.86. The van der Waals surface area contributed by atoms with Crippen LogP contribution >= 0.6 is 23.1 Å². The Morgan fingerprint density at radius 2 is 1.96 bits per heavy atom. The third kappa shape index (κ3) is 4.22. The van der Waals surface area contributed by atoms with E-state index < -0.39 is 10.0 Å². The lowest BCUT2D eigenvalue weighted by atomic mass is 9.97. The van der Waals surface area contributed by atoms with Gasteiger partial charge in [-0.05, 0) is 43.4 Å². The highest BCUT2D eigenvalue weighted by molar-refractivity contribution is 7.98. The molecule has 1 aliphatic rings. The molecule has 1 aromatic carbocycles. The van der Waals surface area contributed by atoms with Crippen molar-refractivity contribution in [3.8, 4) is 0 Å². The minimum absolute atomic E-state index is 0.0867. The van der Waals surface area contributed by atoms with Crippen LogP contribution in [0.2, 0.25) is 0 Å². The SMILES string of the molecule is CSc1ccc(S(=O)(=O)N2CCC(C(=O)Nc3nccs3)CC2)cc1. The van der Waals surface area contributed by atoms with E-state index in [1.807, 2.05) is 18.4 Å². The van der Waals surface area contributed by atoms with E-state index in [1.165, 1.54) is 15.6 Å². The van der Waals surface area contributed by atoms with Gasteiger partial charge in [0.15, 0.2) is 5.13 Å². The molecule has 0 spiro atoms. The van der Waals surface area contributed by atoms with E-state index in [9.17, 15) is 13.2 Å². The lowest BCUT2D eigenvalue weighted by Gasteiger charge is -2.30. The largest absolute Gasteiger partial charge is 0.302 e. The number of hydrogen-bond acceptors (Lipinski definition) is 6. The zero-order chi connectivity index (χ0) is 17.9. The van der Waals surface area contributed by atoms with E-state index in [0.717, 1.165) is 4.90 Å². The van der Waals surface area contributed by atoms with E-state index >= 15 is 0 Å². The molecule has 0 bridgehead atoms. The summed E-state index contributed by atoms with van der Waals surface area (Å²) in [6.07, 6.45) is 4.61. The molecule has 1 aromatic heterocycles. The van der Waals surface area contributed by atoms with Gasteiger partial charge in [0.25, 0.3) is 0 Å². The fourth-order valence-electron chi connectivity index (χ4n) is 2.75. The molecule has 0 saturated carbocycles. The van der Waals surface area contributed by atoms with Crippen LogP contribution in [0.25, 0.3) is 0 Å². The van der Waals surface area contributed by atoms with E-state index in [2.05, 4.69) is 10.3 Å². The van der Waals surface area contributed by atoms with Gasteiger partial charge in [-0.15, -0.1) is 23.1 Å². The molecule has 2 aromatic rings. The standard InChI is InChI=1S/C16H19N3O3S3/c1-23-13-2-4-14(5-3-13)25(21,22)19-9-6-12(7-10-19)15(20)18-16-17-8-11-24-16/h2-5,8,11-12H,6-7,9-10H2,1H3,(H,17,18,20). The Balaban J connectivity index is 1.61. The molecule has 25 heavy (non-hydrogen) atoms. The summed E-state index contributed by atoms with van der Waals surface area (Å²) in [5.41, 5.74) is 0. The average Bonchev–Trinajstić information content (AvgIpc) is 3.15. The number of anilines is 1. The van der Waals surface area contributed by atoms with Gasteiger partial charge in [0.05, 0.1) is 4.90 Å². The molecule has 1 saturated heterocycles. The van der Waals surface area contributed by atoms with Crippen LogP contribution in [0.1, 0.15) is 12.8 Å². The van der Waals surface area contributed by atoms with Crippen LogP contribution in [-0.2, 0) is 14.8 Å². The zero-order valence-electron chi connectivity index (χ0n) is 13.7. The van der Waals surface area contributed by atoms with Crippen LogP contribution in [0.4, 0.5) is 5.13 Å². The molecule has 0 unspecified atom stereocenters. The van der Waals surface area contributed by atoms with Gasteiger partial charge in [0, 0.05) is 35.5 Å².